The van der Waals surface area contributed by atoms with Crippen molar-refractivity contribution in [3.63, 3.8) is 0 Å². The van der Waals surface area contributed by atoms with Crippen LogP contribution in [0.5, 0.6) is 5.75 Å². The summed E-state index contributed by atoms with van der Waals surface area (Å²) in [6.07, 6.45) is 6.05. The largest absolute Gasteiger partial charge is 0.491 e. The first-order valence-corrected chi connectivity index (χ1v) is 13.2. The van der Waals surface area contributed by atoms with Gasteiger partial charge in [-0.05, 0) is 75.4 Å². The van der Waals surface area contributed by atoms with Gasteiger partial charge in [0, 0.05) is 54.9 Å². The van der Waals surface area contributed by atoms with Gasteiger partial charge >= 0.3 is 0 Å². The number of anilines is 1. The minimum absolute atomic E-state index is 0.141. The number of benzene rings is 2. The molecular weight excluding hydrogens is 473 g/mol. The molecule has 0 saturated carbocycles. The highest BCUT2D eigenvalue weighted by Crippen LogP contribution is 2.33. The van der Waals surface area contributed by atoms with Gasteiger partial charge in [0.25, 0.3) is 5.89 Å². The van der Waals surface area contributed by atoms with Crippen LogP contribution in [0.25, 0.3) is 22.8 Å². The topological polar surface area (TPSA) is 77.7 Å². The molecule has 1 aliphatic heterocycles. The quantitative estimate of drug-likeness (QED) is 0.255. The zero-order chi connectivity index (χ0) is 26.2. The lowest BCUT2D eigenvalue weighted by Crippen LogP contribution is -2.38. The lowest BCUT2D eigenvalue weighted by Gasteiger charge is -2.36. The fourth-order valence-corrected chi connectivity index (χ4v) is 4.80. The van der Waals surface area contributed by atoms with Crippen molar-refractivity contribution < 1.29 is 23.2 Å². The first-order valence-electron chi connectivity index (χ1n) is 13.2. The Kier molecular flexibility index (Phi) is 9.28. The summed E-state index contributed by atoms with van der Waals surface area (Å²) < 4.78 is 31.2. The molecule has 1 aromatic heterocycles. The normalized spacial score (nSPS) is 15.7. The first-order chi connectivity index (χ1) is 18.0. The molecule has 1 aliphatic rings. The fraction of sp³-hybridized carbons (Fsp3) is 0.483. The number of rotatable bonds is 12. The van der Waals surface area contributed by atoms with E-state index >= 15 is 0 Å². The van der Waals surface area contributed by atoms with Crippen molar-refractivity contribution in [3.8, 4) is 28.6 Å². The molecule has 0 spiro atoms. The molecule has 0 radical (unpaired) electrons. The zero-order valence-electron chi connectivity index (χ0n) is 22.0. The average molecular weight is 510 g/mol. The van der Waals surface area contributed by atoms with E-state index in [0.29, 0.717) is 49.2 Å². The molecule has 4 rings (SSSR count). The third-order valence-corrected chi connectivity index (χ3v) is 6.74. The molecule has 0 amide bonds. The van der Waals surface area contributed by atoms with Gasteiger partial charge in [0.2, 0.25) is 5.82 Å². The number of methoxy groups -OCH3 is 1. The van der Waals surface area contributed by atoms with E-state index in [1.54, 1.807) is 19.2 Å². The number of aromatic nitrogens is 2. The van der Waals surface area contributed by atoms with E-state index in [0.717, 1.165) is 24.1 Å². The van der Waals surface area contributed by atoms with Crippen LogP contribution in [0.3, 0.4) is 0 Å². The van der Waals surface area contributed by atoms with Crippen molar-refractivity contribution in [2.75, 3.05) is 25.2 Å². The van der Waals surface area contributed by atoms with Crippen LogP contribution in [0, 0.1) is 5.82 Å². The Morgan fingerprint density at radius 2 is 2.00 bits per heavy atom. The van der Waals surface area contributed by atoms with Crippen LogP contribution in [-0.2, 0) is 16.1 Å². The van der Waals surface area contributed by atoms with Crippen LogP contribution < -0.4 is 9.64 Å². The van der Waals surface area contributed by atoms with Crippen LogP contribution in [0.15, 0.2) is 40.9 Å². The number of ether oxygens (including phenoxy) is 2. The monoisotopic (exact) mass is 509 g/mol. The van der Waals surface area contributed by atoms with Crippen molar-refractivity contribution in [1.82, 2.24) is 10.1 Å². The second kappa shape index (κ2) is 12.8. The second-order valence-electron chi connectivity index (χ2n) is 9.62. The Balaban J connectivity index is 1.46. The van der Waals surface area contributed by atoms with E-state index in [1.807, 2.05) is 19.1 Å². The minimum Gasteiger partial charge on any atom is -0.491 e. The van der Waals surface area contributed by atoms with Gasteiger partial charge < -0.3 is 18.9 Å². The standard InChI is InChI=1S/C29H36FN3O4/c1-4-8-24(34)10-7-16-36-27-14-12-21(18-25(27)30)28-31-29(37-32-28)22-11-13-26(23(17-22)19-35-3)33-15-6-5-9-20(33)2/h11-14,17-18,20H,4-10,15-16,19H2,1-3H3. The Bertz CT molecular complexity index is 1200. The second-order valence-corrected chi connectivity index (χ2v) is 9.62. The maximum atomic E-state index is 14.7. The number of piperidine rings is 1. The molecule has 2 heterocycles. The summed E-state index contributed by atoms with van der Waals surface area (Å²) in [5, 5.41) is 4.07. The number of hydrogen-bond donors (Lipinski definition) is 0. The van der Waals surface area contributed by atoms with E-state index in [9.17, 15) is 9.18 Å². The Hall–Kier alpha value is -3.26. The first kappa shape index (κ1) is 26.8. The van der Waals surface area contributed by atoms with Crippen LogP contribution in [0.4, 0.5) is 10.1 Å². The summed E-state index contributed by atoms with van der Waals surface area (Å²) in [5.41, 5.74) is 3.52. The molecule has 0 aliphatic carbocycles. The van der Waals surface area contributed by atoms with Gasteiger partial charge in [0.05, 0.1) is 13.2 Å². The molecule has 2 aromatic carbocycles. The third-order valence-electron chi connectivity index (χ3n) is 6.74. The van der Waals surface area contributed by atoms with Crippen molar-refractivity contribution >= 4 is 11.5 Å². The van der Waals surface area contributed by atoms with Gasteiger partial charge in [-0.15, -0.1) is 0 Å². The zero-order valence-corrected chi connectivity index (χ0v) is 22.0. The molecule has 198 valence electrons. The summed E-state index contributed by atoms with van der Waals surface area (Å²) in [7, 11) is 1.69. The molecule has 3 aromatic rings. The summed E-state index contributed by atoms with van der Waals surface area (Å²) >= 11 is 0. The van der Waals surface area contributed by atoms with Gasteiger partial charge in [-0.1, -0.05) is 12.1 Å². The highest BCUT2D eigenvalue weighted by molar-refractivity contribution is 5.78. The summed E-state index contributed by atoms with van der Waals surface area (Å²) in [6.45, 7) is 6.03. The number of nitrogens with zero attached hydrogens (tertiary/aromatic N) is 3. The van der Waals surface area contributed by atoms with Crippen LogP contribution in [0.2, 0.25) is 0 Å². The van der Waals surface area contributed by atoms with E-state index in [4.69, 9.17) is 14.0 Å². The Morgan fingerprint density at radius 3 is 2.76 bits per heavy atom. The molecule has 0 N–H and O–H groups in total. The molecule has 7 nitrogen and oxygen atoms in total. The third kappa shape index (κ3) is 6.74. The molecular formula is C29H36FN3O4. The van der Waals surface area contributed by atoms with Crippen LogP contribution in [0.1, 0.15) is 64.4 Å². The van der Waals surface area contributed by atoms with E-state index in [1.165, 1.54) is 31.0 Å². The van der Waals surface area contributed by atoms with E-state index in [-0.39, 0.29) is 18.1 Å². The Labute approximate surface area is 218 Å². The number of carbonyl (C=O) groups is 1. The van der Waals surface area contributed by atoms with Gasteiger partial charge in [-0.25, -0.2) is 4.39 Å². The molecule has 1 fully saturated rings. The SMILES string of the molecule is CCCC(=O)CCCOc1ccc(-c2noc(-c3ccc(N4CCCCC4C)c(COC)c3)n2)cc1F. The van der Waals surface area contributed by atoms with Gasteiger partial charge in [-0.2, -0.15) is 4.98 Å². The molecule has 1 saturated heterocycles. The fourth-order valence-electron chi connectivity index (χ4n) is 4.80. The number of Topliss-reactive ketones (excluding diaryl/α,β-unsaturated/α-hetero) is 1. The molecule has 0 bridgehead atoms. The highest BCUT2D eigenvalue weighted by atomic mass is 19.1. The Morgan fingerprint density at radius 1 is 1.16 bits per heavy atom. The number of ketones is 1. The van der Waals surface area contributed by atoms with Crippen LogP contribution in [-0.4, -0.2) is 42.2 Å². The predicted octanol–water partition coefficient (Wildman–Crippen LogP) is 6.60. The van der Waals surface area contributed by atoms with E-state index in [2.05, 4.69) is 28.0 Å². The molecule has 1 atom stereocenters. The van der Waals surface area contributed by atoms with Crippen molar-refractivity contribution in [3.05, 3.63) is 47.8 Å². The molecule has 8 heteroatoms. The predicted molar refractivity (Wildman–Crippen MR) is 141 cm³/mol. The maximum Gasteiger partial charge on any atom is 0.258 e. The minimum atomic E-state index is -0.508. The number of halogens is 1. The van der Waals surface area contributed by atoms with Crippen LogP contribution >= 0.6 is 0 Å². The number of hydrogen-bond acceptors (Lipinski definition) is 7. The lowest BCUT2D eigenvalue weighted by molar-refractivity contribution is -0.119. The average Bonchev–Trinajstić information content (AvgIpc) is 3.39. The van der Waals surface area contributed by atoms with Gasteiger partial charge in [0.15, 0.2) is 11.6 Å². The maximum absolute atomic E-state index is 14.7. The van der Waals surface area contributed by atoms with Gasteiger partial charge in [-0.3, -0.25) is 4.79 Å². The summed E-state index contributed by atoms with van der Waals surface area (Å²) in [6, 6.07) is 11.2. The van der Waals surface area contributed by atoms with Crippen molar-refractivity contribution in [2.24, 2.45) is 0 Å². The molecule has 1 unspecified atom stereocenters. The summed E-state index contributed by atoms with van der Waals surface area (Å²) in [4.78, 5) is 18.6. The van der Waals surface area contributed by atoms with Crippen molar-refractivity contribution in [2.45, 2.75) is 71.4 Å². The van der Waals surface area contributed by atoms with E-state index < -0.39 is 5.82 Å². The smallest absolute Gasteiger partial charge is 0.258 e. The summed E-state index contributed by atoms with van der Waals surface area (Å²) in [5.74, 6) is 0.504. The van der Waals surface area contributed by atoms with Crippen molar-refractivity contribution in [1.29, 1.82) is 0 Å². The lowest BCUT2D eigenvalue weighted by atomic mass is 10.00. The number of carbonyl (C=O) groups excluding carboxylic acids is 1. The molecule has 37 heavy (non-hydrogen) atoms. The van der Waals surface area contributed by atoms with Gasteiger partial charge in [0.1, 0.15) is 5.78 Å². The highest BCUT2D eigenvalue weighted by Gasteiger charge is 2.22.